The molecule has 0 aliphatic carbocycles. The van der Waals surface area contributed by atoms with Crippen LogP contribution in [-0.2, 0) is 9.53 Å². The molecule has 0 fully saturated rings. The molecule has 0 radical (unpaired) electrons. The minimum absolute atomic E-state index is 0.0445. The lowest BCUT2D eigenvalue weighted by Gasteiger charge is -2.14. The zero-order valence-electron chi connectivity index (χ0n) is 19.7. The number of ether oxygens (including phenoxy) is 1. The van der Waals surface area contributed by atoms with Gasteiger partial charge in [0.25, 0.3) is 5.56 Å². The first kappa shape index (κ1) is 23.9. The largest absolute Gasteiger partial charge is 0.464 e. The van der Waals surface area contributed by atoms with Gasteiger partial charge >= 0.3 is 5.97 Å². The second-order valence-corrected chi connectivity index (χ2v) is 9.15. The summed E-state index contributed by atoms with van der Waals surface area (Å²) in [5, 5.41) is 6.03. The Hall–Kier alpha value is -3.26. The summed E-state index contributed by atoms with van der Waals surface area (Å²) in [5.41, 5.74) is 2.11. The van der Waals surface area contributed by atoms with Gasteiger partial charge in [-0.1, -0.05) is 48.0 Å². The summed E-state index contributed by atoms with van der Waals surface area (Å²) in [7, 11) is 0. The minimum Gasteiger partial charge on any atom is -0.464 e. The highest BCUT2D eigenvalue weighted by atomic mass is 79.9. The van der Waals surface area contributed by atoms with E-state index in [-0.39, 0.29) is 17.4 Å². The van der Waals surface area contributed by atoms with Crippen molar-refractivity contribution in [2.24, 2.45) is 5.10 Å². The molecule has 2 aromatic heterocycles. The van der Waals surface area contributed by atoms with Crippen LogP contribution < -0.4 is 5.56 Å². The number of rotatable bonds is 7. The Labute approximate surface area is 206 Å². The fraction of sp³-hybridized carbons (Fsp3) is 0.308. The standard InChI is InChI=1S/C26H27BrN4O3/c1-5-16(3)24-29-22-12-11-19(27)13-21(22)25(32)31(24)28-14-18-15-30(17(4)26(33)34-6-2)23-10-8-7-9-20(18)23/h7-17H,5-6H2,1-4H3/t16-,17+/m0/s1. The molecule has 0 amide bonds. The Morgan fingerprint density at radius 1 is 1.18 bits per heavy atom. The molecule has 4 rings (SSSR count). The quantitative estimate of drug-likeness (QED) is 0.232. The lowest BCUT2D eigenvalue weighted by Crippen LogP contribution is -2.23. The fourth-order valence-corrected chi connectivity index (χ4v) is 4.29. The van der Waals surface area contributed by atoms with E-state index >= 15 is 0 Å². The molecule has 0 spiro atoms. The van der Waals surface area contributed by atoms with E-state index in [1.54, 1.807) is 19.2 Å². The van der Waals surface area contributed by atoms with Gasteiger partial charge < -0.3 is 9.30 Å². The van der Waals surface area contributed by atoms with E-state index in [1.807, 2.05) is 61.0 Å². The Bertz CT molecular complexity index is 1450. The van der Waals surface area contributed by atoms with Gasteiger partial charge in [-0.05, 0) is 44.5 Å². The average Bonchev–Trinajstić information content (AvgIpc) is 3.21. The molecule has 34 heavy (non-hydrogen) atoms. The summed E-state index contributed by atoms with van der Waals surface area (Å²) in [6.45, 7) is 8.01. The molecular weight excluding hydrogens is 496 g/mol. The molecule has 0 aliphatic rings. The molecule has 2 atom stereocenters. The molecule has 2 aromatic carbocycles. The third-order valence-electron chi connectivity index (χ3n) is 6.02. The summed E-state index contributed by atoms with van der Waals surface area (Å²) >= 11 is 3.44. The number of esters is 1. The lowest BCUT2D eigenvalue weighted by atomic mass is 10.1. The number of nitrogens with zero attached hydrogens (tertiary/aromatic N) is 4. The average molecular weight is 523 g/mol. The monoisotopic (exact) mass is 522 g/mol. The van der Waals surface area contributed by atoms with Crippen molar-refractivity contribution < 1.29 is 9.53 Å². The predicted molar refractivity (Wildman–Crippen MR) is 139 cm³/mol. The van der Waals surface area contributed by atoms with E-state index in [0.29, 0.717) is 23.3 Å². The van der Waals surface area contributed by atoms with Crippen molar-refractivity contribution in [1.82, 2.24) is 14.2 Å². The van der Waals surface area contributed by atoms with Crippen LogP contribution in [0.4, 0.5) is 0 Å². The molecule has 4 aromatic rings. The molecule has 0 unspecified atom stereocenters. The SMILES string of the molecule is CCOC(=O)[C@@H](C)n1cc(C=Nn2c([C@@H](C)CC)nc3ccc(Br)cc3c2=O)c2ccccc21. The number of halogens is 1. The molecule has 2 heterocycles. The minimum atomic E-state index is -0.495. The van der Waals surface area contributed by atoms with Crippen LogP contribution in [0.1, 0.15) is 57.5 Å². The van der Waals surface area contributed by atoms with Crippen molar-refractivity contribution in [2.45, 2.75) is 46.1 Å². The number of aromatic nitrogens is 3. The van der Waals surface area contributed by atoms with Gasteiger partial charge in [0.1, 0.15) is 11.9 Å². The van der Waals surface area contributed by atoms with Crippen LogP contribution in [0.15, 0.2) is 63.0 Å². The van der Waals surface area contributed by atoms with Crippen molar-refractivity contribution >= 4 is 49.9 Å². The lowest BCUT2D eigenvalue weighted by molar-refractivity contribution is -0.146. The number of fused-ring (bicyclic) bond motifs is 2. The van der Waals surface area contributed by atoms with E-state index in [4.69, 9.17) is 9.72 Å². The fourth-order valence-electron chi connectivity index (χ4n) is 3.93. The summed E-state index contributed by atoms with van der Waals surface area (Å²) in [4.78, 5) is 30.6. The maximum Gasteiger partial charge on any atom is 0.328 e. The van der Waals surface area contributed by atoms with Crippen molar-refractivity contribution in [2.75, 3.05) is 6.61 Å². The van der Waals surface area contributed by atoms with Crippen LogP contribution in [0, 0.1) is 0 Å². The number of para-hydroxylation sites is 1. The van der Waals surface area contributed by atoms with Crippen LogP contribution in [0.25, 0.3) is 21.8 Å². The molecule has 0 saturated carbocycles. The molecular formula is C26H27BrN4O3. The number of benzene rings is 2. The first-order valence-electron chi connectivity index (χ1n) is 11.4. The Morgan fingerprint density at radius 3 is 2.68 bits per heavy atom. The second-order valence-electron chi connectivity index (χ2n) is 8.24. The summed E-state index contributed by atoms with van der Waals surface area (Å²) in [6, 6.07) is 12.8. The summed E-state index contributed by atoms with van der Waals surface area (Å²) in [6.07, 6.45) is 4.35. The van der Waals surface area contributed by atoms with Crippen LogP contribution in [-0.4, -0.2) is 33.0 Å². The van der Waals surface area contributed by atoms with Crippen LogP contribution in [0.5, 0.6) is 0 Å². The second kappa shape index (κ2) is 9.93. The van der Waals surface area contributed by atoms with Gasteiger partial charge in [-0.15, -0.1) is 0 Å². The molecule has 176 valence electrons. The van der Waals surface area contributed by atoms with Gasteiger partial charge in [0.2, 0.25) is 0 Å². The highest BCUT2D eigenvalue weighted by Gasteiger charge is 2.20. The third kappa shape index (κ3) is 4.42. The zero-order chi connectivity index (χ0) is 24.4. The van der Waals surface area contributed by atoms with Gasteiger partial charge in [-0.3, -0.25) is 4.79 Å². The zero-order valence-corrected chi connectivity index (χ0v) is 21.2. The molecule has 8 heteroatoms. The van der Waals surface area contributed by atoms with Gasteiger partial charge in [-0.2, -0.15) is 9.78 Å². The number of carbonyl (C=O) groups is 1. The van der Waals surface area contributed by atoms with Gasteiger partial charge in [0.05, 0.1) is 23.7 Å². The normalized spacial score (nSPS) is 13.6. The Balaban J connectivity index is 1.86. The van der Waals surface area contributed by atoms with Crippen LogP contribution in [0.2, 0.25) is 0 Å². The van der Waals surface area contributed by atoms with E-state index in [1.165, 1.54) is 4.68 Å². The Morgan fingerprint density at radius 2 is 1.94 bits per heavy atom. The Kier molecular flexibility index (Phi) is 6.97. The number of carbonyl (C=O) groups excluding carboxylic acids is 1. The molecule has 0 aliphatic heterocycles. The van der Waals surface area contributed by atoms with Gasteiger partial charge in [-0.25, -0.2) is 9.78 Å². The highest BCUT2D eigenvalue weighted by molar-refractivity contribution is 9.10. The van der Waals surface area contributed by atoms with E-state index in [2.05, 4.69) is 28.0 Å². The topological polar surface area (TPSA) is 78.5 Å². The van der Waals surface area contributed by atoms with Crippen molar-refractivity contribution in [3.05, 3.63) is 74.9 Å². The smallest absolute Gasteiger partial charge is 0.328 e. The van der Waals surface area contributed by atoms with Gasteiger partial charge in [0.15, 0.2) is 0 Å². The van der Waals surface area contributed by atoms with E-state index in [0.717, 1.165) is 27.4 Å². The van der Waals surface area contributed by atoms with Crippen molar-refractivity contribution in [3.63, 3.8) is 0 Å². The van der Waals surface area contributed by atoms with Crippen LogP contribution in [0.3, 0.4) is 0 Å². The first-order valence-corrected chi connectivity index (χ1v) is 12.2. The highest BCUT2D eigenvalue weighted by Crippen LogP contribution is 2.25. The molecule has 0 saturated heterocycles. The number of hydrogen-bond donors (Lipinski definition) is 0. The van der Waals surface area contributed by atoms with Crippen LogP contribution >= 0.6 is 15.9 Å². The maximum atomic E-state index is 13.4. The summed E-state index contributed by atoms with van der Waals surface area (Å²) in [5.74, 6) is 0.358. The number of hydrogen-bond acceptors (Lipinski definition) is 5. The molecule has 0 N–H and O–H groups in total. The van der Waals surface area contributed by atoms with E-state index in [9.17, 15) is 9.59 Å². The first-order chi connectivity index (χ1) is 16.3. The summed E-state index contributed by atoms with van der Waals surface area (Å²) < 4.78 is 9.29. The van der Waals surface area contributed by atoms with Crippen molar-refractivity contribution in [3.8, 4) is 0 Å². The van der Waals surface area contributed by atoms with Crippen molar-refractivity contribution in [1.29, 1.82) is 0 Å². The maximum absolute atomic E-state index is 13.4. The van der Waals surface area contributed by atoms with Gasteiger partial charge in [0, 0.05) is 33.1 Å². The third-order valence-corrected chi connectivity index (χ3v) is 6.51. The molecule has 0 bridgehead atoms. The molecule has 7 nitrogen and oxygen atoms in total. The predicted octanol–water partition coefficient (Wildman–Crippen LogP) is 5.63. The van der Waals surface area contributed by atoms with E-state index < -0.39 is 6.04 Å².